The van der Waals surface area contributed by atoms with Gasteiger partial charge in [0.15, 0.2) is 0 Å². The molecule has 0 unspecified atom stereocenters. The first-order valence-electron chi connectivity index (χ1n) is 5.26. The van der Waals surface area contributed by atoms with Gasteiger partial charge in [0.05, 0.1) is 23.6 Å². The fourth-order valence-electron chi connectivity index (χ4n) is 1.36. The Labute approximate surface area is 111 Å². The molecule has 0 amide bonds. The summed E-state index contributed by atoms with van der Waals surface area (Å²) < 4.78 is 26.6. The van der Waals surface area contributed by atoms with E-state index in [-0.39, 0.29) is 4.90 Å². The molecule has 0 saturated heterocycles. The summed E-state index contributed by atoms with van der Waals surface area (Å²) in [7, 11) is -3.85. The van der Waals surface area contributed by atoms with E-state index in [0.717, 1.165) is 0 Å². The van der Waals surface area contributed by atoms with E-state index in [1.807, 2.05) is 0 Å². The van der Waals surface area contributed by atoms with Crippen LogP contribution in [0, 0.1) is 6.92 Å². The van der Waals surface area contributed by atoms with Gasteiger partial charge in [0.25, 0.3) is 0 Å². The first-order chi connectivity index (χ1) is 8.24. The number of hydrogen-bond acceptors (Lipinski definition) is 4. The molecule has 0 aliphatic rings. The molecule has 7 heteroatoms. The molecule has 0 saturated carbocycles. The van der Waals surface area contributed by atoms with Crippen LogP contribution in [0.25, 0.3) is 0 Å². The standard InChI is InChI=1S/C11H16ClNO4S/c1-8-3-4-9(12)5-10(8)18(16,17)13-11(2,6-14)7-15/h3-5,13-15H,6-7H2,1-2H3. The van der Waals surface area contributed by atoms with Crippen LogP contribution in [0.1, 0.15) is 12.5 Å². The molecule has 0 spiro atoms. The Balaban J connectivity index is 3.18. The maximum Gasteiger partial charge on any atom is 0.241 e. The second kappa shape index (κ2) is 5.54. The lowest BCUT2D eigenvalue weighted by atomic mass is 10.1. The van der Waals surface area contributed by atoms with Gasteiger partial charge in [-0.05, 0) is 31.5 Å². The second-order valence-corrected chi connectivity index (χ2v) is 6.48. The fraction of sp³-hybridized carbons (Fsp3) is 0.455. The van der Waals surface area contributed by atoms with E-state index in [0.29, 0.717) is 10.6 Å². The molecule has 1 aromatic carbocycles. The van der Waals surface area contributed by atoms with Crippen LogP contribution >= 0.6 is 11.6 Å². The second-order valence-electron chi connectivity index (χ2n) is 4.39. The SMILES string of the molecule is Cc1ccc(Cl)cc1S(=O)(=O)NC(C)(CO)CO. The first-order valence-corrected chi connectivity index (χ1v) is 7.12. The molecular weight excluding hydrogens is 278 g/mol. The maximum atomic E-state index is 12.1. The third-order valence-corrected chi connectivity index (χ3v) is 4.53. The smallest absolute Gasteiger partial charge is 0.241 e. The van der Waals surface area contributed by atoms with E-state index in [9.17, 15) is 8.42 Å². The molecule has 102 valence electrons. The van der Waals surface area contributed by atoms with Crippen LogP contribution in [-0.2, 0) is 10.0 Å². The highest BCUT2D eigenvalue weighted by molar-refractivity contribution is 7.89. The van der Waals surface area contributed by atoms with Gasteiger partial charge in [0.1, 0.15) is 0 Å². The maximum absolute atomic E-state index is 12.1. The first kappa shape index (κ1) is 15.4. The summed E-state index contributed by atoms with van der Waals surface area (Å²) in [5, 5.41) is 18.5. The Kier molecular flexibility index (Phi) is 4.74. The number of sulfonamides is 1. The summed E-state index contributed by atoms with van der Waals surface area (Å²) in [5.74, 6) is 0. The van der Waals surface area contributed by atoms with Gasteiger partial charge in [-0.2, -0.15) is 0 Å². The van der Waals surface area contributed by atoms with Gasteiger partial charge in [-0.3, -0.25) is 0 Å². The number of aliphatic hydroxyl groups is 2. The van der Waals surface area contributed by atoms with Crippen LogP contribution in [0.2, 0.25) is 5.02 Å². The molecule has 0 atom stereocenters. The molecule has 5 nitrogen and oxygen atoms in total. The number of aryl methyl sites for hydroxylation is 1. The van der Waals surface area contributed by atoms with E-state index >= 15 is 0 Å². The Morgan fingerprint density at radius 1 is 1.33 bits per heavy atom. The van der Waals surface area contributed by atoms with Gasteiger partial charge < -0.3 is 10.2 Å². The Bertz CT molecular complexity index is 526. The zero-order valence-electron chi connectivity index (χ0n) is 10.1. The van der Waals surface area contributed by atoms with Crippen molar-refractivity contribution in [2.24, 2.45) is 0 Å². The van der Waals surface area contributed by atoms with Gasteiger partial charge in [-0.25, -0.2) is 13.1 Å². The van der Waals surface area contributed by atoms with Crippen LogP contribution in [0.4, 0.5) is 0 Å². The predicted octanol–water partition coefficient (Wildman–Crippen LogP) is 0.670. The highest BCUT2D eigenvalue weighted by atomic mass is 35.5. The number of benzene rings is 1. The summed E-state index contributed by atoms with van der Waals surface area (Å²) in [5.41, 5.74) is -0.779. The quantitative estimate of drug-likeness (QED) is 0.745. The van der Waals surface area contributed by atoms with Crippen molar-refractivity contribution >= 4 is 21.6 Å². The number of nitrogens with one attached hydrogen (secondary N) is 1. The number of rotatable bonds is 5. The summed E-state index contributed by atoms with van der Waals surface area (Å²) in [4.78, 5) is 0.0307. The van der Waals surface area contributed by atoms with Crippen molar-refractivity contribution in [3.05, 3.63) is 28.8 Å². The minimum absolute atomic E-state index is 0.0307. The van der Waals surface area contributed by atoms with E-state index < -0.39 is 28.8 Å². The average molecular weight is 294 g/mol. The lowest BCUT2D eigenvalue weighted by Gasteiger charge is -2.26. The zero-order valence-corrected chi connectivity index (χ0v) is 11.7. The largest absolute Gasteiger partial charge is 0.394 e. The fourth-order valence-corrected chi connectivity index (χ4v) is 3.26. The van der Waals surface area contributed by atoms with Gasteiger partial charge >= 0.3 is 0 Å². The minimum atomic E-state index is -3.85. The number of halogens is 1. The zero-order chi connectivity index (χ0) is 14.0. The molecule has 0 radical (unpaired) electrons. The molecule has 0 bridgehead atoms. The monoisotopic (exact) mass is 293 g/mol. The van der Waals surface area contributed by atoms with Gasteiger partial charge in [-0.15, -0.1) is 0 Å². The molecule has 1 rings (SSSR count). The van der Waals surface area contributed by atoms with Crippen molar-refractivity contribution in [2.45, 2.75) is 24.3 Å². The summed E-state index contributed by atoms with van der Waals surface area (Å²) >= 11 is 5.77. The molecule has 1 aromatic rings. The molecule has 0 aromatic heterocycles. The van der Waals surface area contributed by atoms with Gasteiger partial charge in [-0.1, -0.05) is 17.7 Å². The van der Waals surface area contributed by atoms with Crippen LogP contribution in [-0.4, -0.2) is 37.4 Å². The van der Waals surface area contributed by atoms with Crippen LogP contribution in [0.5, 0.6) is 0 Å². The topological polar surface area (TPSA) is 86.6 Å². The third-order valence-electron chi connectivity index (χ3n) is 2.52. The average Bonchev–Trinajstić information content (AvgIpc) is 2.31. The lowest BCUT2D eigenvalue weighted by molar-refractivity contribution is 0.121. The lowest BCUT2D eigenvalue weighted by Crippen LogP contribution is -2.51. The molecule has 18 heavy (non-hydrogen) atoms. The van der Waals surface area contributed by atoms with E-state index in [1.54, 1.807) is 19.1 Å². The molecule has 0 heterocycles. The van der Waals surface area contributed by atoms with Crippen molar-refractivity contribution in [2.75, 3.05) is 13.2 Å². The predicted molar refractivity (Wildman–Crippen MR) is 69.1 cm³/mol. The van der Waals surface area contributed by atoms with Crippen LogP contribution in [0.15, 0.2) is 23.1 Å². The Hall–Kier alpha value is -0.660. The summed E-state index contributed by atoms with van der Waals surface area (Å²) in [6.07, 6.45) is 0. The van der Waals surface area contributed by atoms with Crippen molar-refractivity contribution in [3.8, 4) is 0 Å². The molecule has 3 N–H and O–H groups in total. The Morgan fingerprint density at radius 2 is 1.89 bits per heavy atom. The number of hydrogen-bond donors (Lipinski definition) is 3. The highest BCUT2D eigenvalue weighted by Gasteiger charge is 2.30. The molecule has 0 aliphatic heterocycles. The van der Waals surface area contributed by atoms with Crippen molar-refractivity contribution < 1.29 is 18.6 Å². The normalized spacial score (nSPS) is 12.7. The van der Waals surface area contributed by atoms with E-state index in [2.05, 4.69) is 4.72 Å². The van der Waals surface area contributed by atoms with Crippen LogP contribution < -0.4 is 4.72 Å². The third kappa shape index (κ3) is 3.43. The van der Waals surface area contributed by atoms with Gasteiger partial charge in [0.2, 0.25) is 10.0 Å². The van der Waals surface area contributed by atoms with Crippen molar-refractivity contribution in [3.63, 3.8) is 0 Å². The van der Waals surface area contributed by atoms with Gasteiger partial charge in [0, 0.05) is 5.02 Å². The number of aliphatic hydroxyl groups excluding tert-OH is 2. The Morgan fingerprint density at radius 3 is 2.39 bits per heavy atom. The summed E-state index contributed by atoms with van der Waals surface area (Å²) in [6.45, 7) is 2.02. The van der Waals surface area contributed by atoms with Crippen molar-refractivity contribution in [1.82, 2.24) is 4.72 Å². The molecular formula is C11H16ClNO4S. The van der Waals surface area contributed by atoms with E-state index in [4.69, 9.17) is 21.8 Å². The molecule has 0 fully saturated rings. The van der Waals surface area contributed by atoms with E-state index in [1.165, 1.54) is 13.0 Å². The van der Waals surface area contributed by atoms with Crippen LogP contribution in [0.3, 0.4) is 0 Å². The minimum Gasteiger partial charge on any atom is -0.394 e. The van der Waals surface area contributed by atoms with Crippen molar-refractivity contribution in [1.29, 1.82) is 0 Å². The molecule has 0 aliphatic carbocycles. The highest BCUT2D eigenvalue weighted by Crippen LogP contribution is 2.21. The summed E-state index contributed by atoms with van der Waals surface area (Å²) in [6, 6.07) is 4.51.